The molecule has 0 bridgehead atoms. The molecule has 190 valence electrons. The number of rotatable bonds is 7. The number of anilines is 3. The summed E-state index contributed by atoms with van der Waals surface area (Å²) in [6, 6.07) is 19.6. The number of fused-ring (bicyclic) bond motifs is 2. The molecule has 1 saturated heterocycles. The first-order chi connectivity index (χ1) is 17.4. The van der Waals surface area contributed by atoms with E-state index in [4.69, 9.17) is 9.47 Å². The Bertz CT molecular complexity index is 1150. The second kappa shape index (κ2) is 10.3. The lowest BCUT2D eigenvalue weighted by atomic mass is 10.1. The molecular formula is C27H27F4N3O2. The molecule has 0 saturated carbocycles. The van der Waals surface area contributed by atoms with E-state index in [0.717, 1.165) is 61.5 Å². The zero-order valence-electron chi connectivity index (χ0n) is 19.7. The van der Waals surface area contributed by atoms with Crippen LogP contribution in [-0.4, -0.2) is 57.0 Å². The van der Waals surface area contributed by atoms with Gasteiger partial charge in [-0.2, -0.15) is 13.2 Å². The molecule has 3 aromatic carbocycles. The Kier molecular flexibility index (Phi) is 6.91. The summed E-state index contributed by atoms with van der Waals surface area (Å²) in [6.07, 6.45) is -3.53. The second-order valence-electron chi connectivity index (χ2n) is 8.89. The Morgan fingerprint density at radius 1 is 0.778 bits per heavy atom. The van der Waals surface area contributed by atoms with Crippen molar-refractivity contribution in [3.8, 4) is 17.2 Å². The minimum Gasteiger partial charge on any atom is -0.482 e. The zero-order valence-corrected chi connectivity index (χ0v) is 19.7. The molecule has 0 N–H and O–H groups in total. The van der Waals surface area contributed by atoms with E-state index < -0.39 is 18.6 Å². The minimum atomic E-state index is -4.45. The SMILES string of the molecule is Fc1ccc(OCC(F)(F)F)c(N2CCN(CCCN3c4ccccc4Oc4ccccc43)CC2)c1. The number of halogens is 4. The van der Waals surface area contributed by atoms with Crippen molar-refractivity contribution in [3.05, 3.63) is 72.5 Å². The lowest BCUT2D eigenvalue weighted by molar-refractivity contribution is -0.153. The minimum absolute atomic E-state index is 0.0480. The third-order valence-corrected chi connectivity index (χ3v) is 6.41. The molecular weight excluding hydrogens is 474 g/mol. The number of nitrogens with zero attached hydrogens (tertiary/aromatic N) is 3. The summed E-state index contributed by atoms with van der Waals surface area (Å²) in [4.78, 5) is 6.49. The predicted octanol–water partition coefficient (Wildman–Crippen LogP) is 6.22. The van der Waals surface area contributed by atoms with Crippen molar-refractivity contribution in [2.24, 2.45) is 0 Å². The molecule has 0 spiro atoms. The van der Waals surface area contributed by atoms with Crippen LogP contribution < -0.4 is 19.3 Å². The number of piperazine rings is 1. The van der Waals surface area contributed by atoms with Crippen LogP contribution in [-0.2, 0) is 0 Å². The summed E-state index contributed by atoms with van der Waals surface area (Å²) in [5.41, 5.74) is 2.44. The van der Waals surface area contributed by atoms with E-state index in [2.05, 4.69) is 21.9 Å². The molecule has 36 heavy (non-hydrogen) atoms. The van der Waals surface area contributed by atoms with Crippen LogP contribution in [0.4, 0.5) is 34.6 Å². The Labute approximate surface area is 207 Å². The fourth-order valence-electron chi connectivity index (χ4n) is 4.71. The van der Waals surface area contributed by atoms with Crippen molar-refractivity contribution in [1.29, 1.82) is 0 Å². The highest BCUT2D eigenvalue weighted by atomic mass is 19.4. The quantitative estimate of drug-likeness (QED) is 0.359. The van der Waals surface area contributed by atoms with E-state index >= 15 is 0 Å². The molecule has 2 aliphatic heterocycles. The molecule has 0 aliphatic carbocycles. The van der Waals surface area contributed by atoms with Crippen molar-refractivity contribution in [3.63, 3.8) is 0 Å². The maximum absolute atomic E-state index is 13.9. The molecule has 1 fully saturated rings. The van der Waals surface area contributed by atoms with Gasteiger partial charge in [-0.1, -0.05) is 24.3 Å². The molecule has 2 aliphatic rings. The molecule has 5 rings (SSSR count). The molecule has 0 aromatic heterocycles. The summed E-state index contributed by atoms with van der Waals surface area (Å²) in [6.45, 7) is 2.90. The highest BCUT2D eigenvalue weighted by Crippen LogP contribution is 2.46. The van der Waals surface area contributed by atoms with E-state index in [1.165, 1.54) is 12.1 Å². The van der Waals surface area contributed by atoms with E-state index in [9.17, 15) is 17.6 Å². The van der Waals surface area contributed by atoms with Crippen LogP contribution in [0.25, 0.3) is 0 Å². The van der Waals surface area contributed by atoms with E-state index in [0.29, 0.717) is 18.8 Å². The van der Waals surface area contributed by atoms with Gasteiger partial charge in [-0.05, 0) is 49.4 Å². The number of para-hydroxylation sites is 4. The highest BCUT2D eigenvalue weighted by Gasteiger charge is 2.30. The van der Waals surface area contributed by atoms with Gasteiger partial charge in [0.15, 0.2) is 18.1 Å². The first-order valence-corrected chi connectivity index (χ1v) is 12.0. The summed E-state index contributed by atoms with van der Waals surface area (Å²) in [7, 11) is 0. The summed E-state index contributed by atoms with van der Waals surface area (Å²) in [5.74, 6) is 1.22. The first kappa shape index (κ1) is 24.2. The van der Waals surface area contributed by atoms with Crippen molar-refractivity contribution >= 4 is 17.1 Å². The lowest BCUT2D eigenvalue weighted by Crippen LogP contribution is -2.47. The highest BCUT2D eigenvalue weighted by molar-refractivity contribution is 5.77. The fourth-order valence-corrected chi connectivity index (χ4v) is 4.71. The zero-order chi connectivity index (χ0) is 25.1. The summed E-state index contributed by atoms with van der Waals surface area (Å²) in [5, 5.41) is 0. The average Bonchev–Trinajstić information content (AvgIpc) is 2.87. The third kappa shape index (κ3) is 5.51. The lowest BCUT2D eigenvalue weighted by Gasteiger charge is -2.37. The molecule has 9 heteroatoms. The maximum Gasteiger partial charge on any atom is 0.422 e. The molecule has 0 radical (unpaired) electrons. The van der Waals surface area contributed by atoms with E-state index in [1.54, 1.807) is 0 Å². The van der Waals surface area contributed by atoms with Gasteiger partial charge in [0.25, 0.3) is 0 Å². The molecule has 5 nitrogen and oxygen atoms in total. The van der Waals surface area contributed by atoms with Gasteiger partial charge in [0.2, 0.25) is 0 Å². The number of hydrogen-bond acceptors (Lipinski definition) is 5. The average molecular weight is 502 g/mol. The predicted molar refractivity (Wildman–Crippen MR) is 131 cm³/mol. The van der Waals surface area contributed by atoms with Crippen LogP contribution in [0, 0.1) is 5.82 Å². The Morgan fingerprint density at radius 2 is 1.42 bits per heavy atom. The summed E-state index contributed by atoms with van der Waals surface area (Å²) < 4.78 is 62.8. The van der Waals surface area contributed by atoms with E-state index in [-0.39, 0.29) is 5.75 Å². The van der Waals surface area contributed by atoms with Crippen LogP contribution in [0.5, 0.6) is 17.2 Å². The van der Waals surface area contributed by atoms with Crippen LogP contribution in [0.1, 0.15) is 6.42 Å². The van der Waals surface area contributed by atoms with Gasteiger partial charge in [0, 0.05) is 38.8 Å². The number of hydrogen-bond donors (Lipinski definition) is 0. The Morgan fingerprint density at radius 3 is 2.06 bits per heavy atom. The van der Waals surface area contributed by atoms with Crippen LogP contribution >= 0.6 is 0 Å². The van der Waals surface area contributed by atoms with Crippen LogP contribution in [0.2, 0.25) is 0 Å². The molecule has 3 aromatic rings. The van der Waals surface area contributed by atoms with Gasteiger partial charge >= 0.3 is 6.18 Å². The van der Waals surface area contributed by atoms with Crippen LogP contribution in [0.3, 0.4) is 0 Å². The van der Waals surface area contributed by atoms with Gasteiger partial charge in [0.05, 0.1) is 17.1 Å². The van der Waals surface area contributed by atoms with Crippen molar-refractivity contribution in [2.75, 3.05) is 55.7 Å². The topological polar surface area (TPSA) is 28.2 Å². The first-order valence-electron chi connectivity index (χ1n) is 12.0. The smallest absolute Gasteiger partial charge is 0.422 e. The maximum atomic E-state index is 13.9. The standard InChI is InChI=1S/C27H27F4N3O2/c28-20-10-11-24(35-19-27(29,30)31)23(18-20)33-16-14-32(15-17-33)12-5-13-34-21-6-1-3-8-25(21)36-26-9-4-2-7-22(26)34/h1-4,6-11,18H,5,12-17,19H2. The Hall–Kier alpha value is -3.46. The molecule has 0 amide bonds. The monoisotopic (exact) mass is 501 g/mol. The normalized spacial score (nSPS) is 15.8. The molecule has 0 atom stereocenters. The van der Waals surface area contributed by atoms with Gasteiger partial charge in [-0.25, -0.2) is 4.39 Å². The summed E-state index contributed by atoms with van der Waals surface area (Å²) >= 11 is 0. The van der Waals surface area contributed by atoms with Gasteiger partial charge in [-0.3, -0.25) is 4.90 Å². The molecule has 2 heterocycles. The number of ether oxygens (including phenoxy) is 2. The van der Waals surface area contributed by atoms with Gasteiger partial charge in [-0.15, -0.1) is 0 Å². The number of benzene rings is 3. The van der Waals surface area contributed by atoms with E-state index in [1.807, 2.05) is 41.3 Å². The van der Waals surface area contributed by atoms with Crippen molar-refractivity contribution in [1.82, 2.24) is 4.90 Å². The second-order valence-corrected chi connectivity index (χ2v) is 8.89. The van der Waals surface area contributed by atoms with Gasteiger partial charge < -0.3 is 19.3 Å². The fraction of sp³-hybridized carbons (Fsp3) is 0.333. The molecule has 0 unspecified atom stereocenters. The Balaban J connectivity index is 1.18. The largest absolute Gasteiger partial charge is 0.482 e. The van der Waals surface area contributed by atoms with Gasteiger partial charge in [0.1, 0.15) is 11.6 Å². The van der Waals surface area contributed by atoms with Crippen molar-refractivity contribution in [2.45, 2.75) is 12.6 Å². The third-order valence-electron chi connectivity index (χ3n) is 6.41. The van der Waals surface area contributed by atoms with Crippen molar-refractivity contribution < 1.29 is 27.0 Å². The van der Waals surface area contributed by atoms with Crippen LogP contribution in [0.15, 0.2) is 66.7 Å². The number of alkyl halides is 3.